The largest absolute Gasteiger partial charge is 0.497 e. The molecule has 0 aliphatic rings. The maximum absolute atomic E-state index is 12.2. The van der Waals surface area contributed by atoms with Gasteiger partial charge in [0, 0.05) is 0 Å². The van der Waals surface area contributed by atoms with Gasteiger partial charge in [-0.15, -0.1) is 0 Å². The lowest BCUT2D eigenvalue weighted by Crippen LogP contribution is -2.32. The number of hydrogen-bond donors (Lipinski definition) is 1. The number of methoxy groups -OCH3 is 1. The molecule has 0 aromatic heterocycles. The highest BCUT2D eigenvalue weighted by Crippen LogP contribution is 2.20. The first-order chi connectivity index (χ1) is 12.2. The van der Waals surface area contributed by atoms with Gasteiger partial charge in [0.15, 0.2) is 6.61 Å². The van der Waals surface area contributed by atoms with Crippen LogP contribution in [0.5, 0.6) is 17.2 Å². The molecule has 0 bridgehead atoms. The summed E-state index contributed by atoms with van der Waals surface area (Å²) in [4.78, 5) is 12.2. The molecule has 25 heavy (non-hydrogen) atoms. The van der Waals surface area contributed by atoms with E-state index < -0.39 is 0 Å². The van der Waals surface area contributed by atoms with E-state index in [0.29, 0.717) is 12.4 Å². The predicted octanol–water partition coefficient (Wildman–Crippen LogP) is 3.74. The summed E-state index contributed by atoms with van der Waals surface area (Å²) in [6, 6.07) is 14.9. The van der Waals surface area contributed by atoms with Gasteiger partial charge in [-0.2, -0.15) is 0 Å². The molecular weight excluding hydrogens is 318 g/mol. The zero-order chi connectivity index (χ0) is 18.1. The van der Waals surface area contributed by atoms with E-state index in [9.17, 15) is 4.79 Å². The fraction of sp³-hybridized carbons (Fsp3) is 0.350. The standard InChI is InChI=1S/C20H25NO4/c1-4-19(15-6-8-16(23-3)9-7-15)21-20(22)14-25-18-12-10-17(11-13-18)24-5-2/h6-13,19H,4-5,14H2,1-3H3,(H,21,22)/t19-/m1/s1. The van der Waals surface area contributed by atoms with Crippen molar-refractivity contribution < 1.29 is 19.0 Å². The molecule has 0 spiro atoms. The third-order valence-corrected chi connectivity index (χ3v) is 3.77. The summed E-state index contributed by atoms with van der Waals surface area (Å²) in [5, 5.41) is 2.99. The summed E-state index contributed by atoms with van der Waals surface area (Å²) >= 11 is 0. The molecule has 0 aliphatic heterocycles. The van der Waals surface area contributed by atoms with Gasteiger partial charge in [0.1, 0.15) is 17.2 Å². The number of amides is 1. The van der Waals surface area contributed by atoms with Gasteiger partial charge in [0.05, 0.1) is 19.8 Å². The number of nitrogens with one attached hydrogen (secondary N) is 1. The van der Waals surface area contributed by atoms with Gasteiger partial charge >= 0.3 is 0 Å². The number of carbonyl (C=O) groups excluding carboxylic acids is 1. The van der Waals surface area contributed by atoms with E-state index in [1.54, 1.807) is 19.2 Å². The van der Waals surface area contributed by atoms with E-state index in [-0.39, 0.29) is 18.6 Å². The lowest BCUT2D eigenvalue weighted by atomic mass is 10.0. The fourth-order valence-corrected chi connectivity index (χ4v) is 2.44. The van der Waals surface area contributed by atoms with Gasteiger partial charge in [0.2, 0.25) is 0 Å². The summed E-state index contributed by atoms with van der Waals surface area (Å²) in [6.45, 7) is 4.55. The fourth-order valence-electron chi connectivity index (χ4n) is 2.44. The molecule has 0 radical (unpaired) electrons. The Hall–Kier alpha value is -2.69. The van der Waals surface area contributed by atoms with E-state index >= 15 is 0 Å². The second kappa shape index (κ2) is 9.57. The molecule has 1 amide bonds. The number of hydrogen-bond acceptors (Lipinski definition) is 4. The maximum Gasteiger partial charge on any atom is 0.258 e. The van der Waals surface area contributed by atoms with Crippen LogP contribution in [0.2, 0.25) is 0 Å². The second-order valence-corrected chi connectivity index (χ2v) is 5.49. The van der Waals surface area contributed by atoms with Crippen LogP contribution >= 0.6 is 0 Å². The van der Waals surface area contributed by atoms with Gasteiger partial charge in [-0.3, -0.25) is 4.79 Å². The van der Waals surface area contributed by atoms with E-state index in [1.807, 2.05) is 50.2 Å². The van der Waals surface area contributed by atoms with E-state index in [1.165, 1.54) is 0 Å². The molecule has 1 N–H and O–H groups in total. The lowest BCUT2D eigenvalue weighted by Gasteiger charge is -2.18. The summed E-state index contributed by atoms with van der Waals surface area (Å²) in [6.07, 6.45) is 0.793. The molecule has 5 nitrogen and oxygen atoms in total. The molecule has 0 saturated heterocycles. The third-order valence-electron chi connectivity index (χ3n) is 3.77. The van der Waals surface area contributed by atoms with Gasteiger partial charge in [-0.25, -0.2) is 0 Å². The molecule has 0 saturated carbocycles. The zero-order valence-electron chi connectivity index (χ0n) is 15.0. The average Bonchev–Trinajstić information content (AvgIpc) is 2.66. The molecule has 2 aromatic rings. The minimum atomic E-state index is -0.156. The predicted molar refractivity (Wildman–Crippen MR) is 97.3 cm³/mol. The van der Waals surface area contributed by atoms with Crippen molar-refractivity contribution in [2.24, 2.45) is 0 Å². The van der Waals surface area contributed by atoms with Crippen LogP contribution in [0.25, 0.3) is 0 Å². The smallest absolute Gasteiger partial charge is 0.258 e. The molecule has 134 valence electrons. The molecule has 0 fully saturated rings. The Bertz CT molecular complexity index is 652. The minimum Gasteiger partial charge on any atom is -0.497 e. The summed E-state index contributed by atoms with van der Waals surface area (Å²) < 4.78 is 16.1. The zero-order valence-corrected chi connectivity index (χ0v) is 15.0. The highest BCUT2D eigenvalue weighted by Gasteiger charge is 2.13. The van der Waals surface area contributed by atoms with Crippen LogP contribution in [0.4, 0.5) is 0 Å². The van der Waals surface area contributed by atoms with Crippen molar-refractivity contribution in [1.29, 1.82) is 0 Å². The van der Waals surface area contributed by atoms with Crippen molar-refractivity contribution >= 4 is 5.91 Å². The van der Waals surface area contributed by atoms with Crippen LogP contribution in [-0.4, -0.2) is 26.2 Å². The summed E-state index contributed by atoms with van der Waals surface area (Å²) in [5.74, 6) is 2.06. The number of benzene rings is 2. The summed E-state index contributed by atoms with van der Waals surface area (Å²) in [5.41, 5.74) is 1.04. The van der Waals surface area contributed by atoms with Gasteiger partial charge in [-0.1, -0.05) is 19.1 Å². The molecule has 0 aliphatic carbocycles. The molecule has 0 heterocycles. The molecule has 2 aromatic carbocycles. The Morgan fingerprint density at radius 1 is 0.920 bits per heavy atom. The molecule has 1 atom stereocenters. The van der Waals surface area contributed by atoms with E-state index in [4.69, 9.17) is 14.2 Å². The molecular formula is C20H25NO4. The Kier molecular flexibility index (Phi) is 7.14. The van der Waals surface area contributed by atoms with Crippen molar-refractivity contribution in [3.8, 4) is 17.2 Å². The molecule has 0 unspecified atom stereocenters. The van der Waals surface area contributed by atoms with Crippen LogP contribution in [0.1, 0.15) is 31.9 Å². The topological polar surface area (TPSA) is 56.8 Å². The maximum atomic E-state index is 12.2. The second-order valence-electron chi connectivity index (χ2n) is 5.49. The number of carbonyl (C=O) groups is 1. The van der Waals surface area contributed by atoms with Crippen molar-refractivity contribution in [1.82, 2.24) is 5.32 Å². The monoisotopic (exact) mass is 343 g/mol. The van der Waals surface area contributed by atoms with Crippen LogP contribution in [0.15, 0.2) is 48.5 Å². The van der Waals surface area contributed by atoms with Crippen molar-refractivity contribution in [3.05, 3.63) is 54.1 Å². The summed E-state index contributed by atoms with van der Waals surface area (Å²) in [7, 11) is 1.63. The van der Waals surface area contributed by atoms with Crippen LogP contribution in [0.3, 0.4) is 0 Å². The third kappa shape index (κ3) is 5.71. The Morgan fingerprint density at radius 3 is 2.00 bits per heavy atom. The highest BCUT2D eigenvalue weighted by molar-refractivity contribution is 5.78. The minimum absolute atomic E-state index is 0.0271. The van der Waals surface area contributed by atoms with Gasteiger partial charge in [-0.05, 0) is 55.3 Å². The lowest BCUT2D eigenvalue weighted by molar-refractivity contribution is -0.123. The highest BCUT2D eigenvalue weighted by atomic mass is 16.5. The SMILES string of the molecule is CCOc1ccc(OCC(=O)N[C@H](CC)c2ccc(OC)cc2)cc1. The Morgan fingerprint density at radius 2 is 1.48 bits per heavy atom. The first kappa shape index (κ1) is 18.6. The van der Waals surface area contributed by atoms with Gasteiger partial charge in [0.25, 0.3) is 5.91 Å². The van der Waals surface area contributed by atoms with Crippen LogP contribution in [0, 0.1) is 0 Å². The molecule has 2 rings (SSSR count). The van der Waals surface area contributed by atoms with Crippen molar-refractivity contribution in [2.75, 3.05) is 20.3 Å². The van der Waals surface area contributed by atoms with Crippen LogP contribution in [-0.2, 0) is 4.79 Å². The Labute approximate surface area is 148 Å². The normalized spacial score (nSPS) is 11.5. The Balaban J connectivity index is 1.86. The van der Waals surface area contributed by atoms with E-state index in [0.717, 1.165) is 23.5 Å². The first-order valence-corrected chi connectivity index (χ1v) is 8.45. The van der Waals surface area contributed by atoms with Gasteiger partial charge < -0.3 is 19.5 Å². The van der Waals surface area contributed by atoms with Crippen molar-refractivity contribution in [2.45, 2.75) is 26.3 Å². The van der Waals surface area contributed by atoms with Crippen molar-refractivity contribution in [3.63, 3.8) is 0 Å². The van der Waals surface area contributed by atoms with Crippen LogP contribution < -0.4 is 19.5 Å². The first-order valence-electron chi connectivity index (χ1n) is 8.45. The molecule has 5 heteroatoms. The van der Waals surface area contributed by atoms with E-state index in [2.05, 4.69) is 5.32 Å². The number of rotatable bonds is 9. The number of ether oxygens (including phenoxy) is 3. The average molecular weight is 343 g/mol. The quantitative estimate of drug-likeness (QED) is 0.753.